The van der Waals surface area contributed by atoms with Crippen LogP contribution >= 0.6 is 11.6 Å². The molecule has 0 unspecified atom stereocenters. The number of carbonyl (C=O) groups excluding carboxylic acids is 1. The first-order valence-corrected chi connectivity index (χ1v) is 4.54. The minimum Gasteiger partial charge on any atom is -0.465 e. The standard InChI is InChI=1S/C9H8ClF2NO2/c1-15-9(14)6-2-5(3-10)4-13-7(6)8(11)12/h2,4,8H,3H2,1H3. The molecule has 0 amide bonds. The molecule has 1 rings (SSSR count). The van der Waals surface area contributed by atoms with Crippen LogP contribution in [0.25, 0.3) is 0 Å². The molecule has 6 heteroatoms. The summed E-state index contributed by atoms with van der Waals surface area (Å²) in [5.41, 5.74) is -0.345. The molecule has 1 aromatic rings. The van der Waals surface area contributed by atoms with Gasteiger partial charge in [-0.3, -0.25) is 4.98 Å². The highest BCUT2D eigenvalue weighted by Gasteiger charge is 2.20. The van der Waals surface area contributed by atoms with Crippen molar-refractivity contribution in [2.75, 3.05) is 7.11 Å². The largest absolute Gasteiger partial charge is 0.465 e. The van der Waals surface area contributed by atoms with Crippen molar-refractivity contribution in [3.63, 3.8) is 0 Å². The maximum Gasteiger partial charge on any atom is 0.339 e. The molecule has 0 spiro atoms. The number of rotatable bonds is 3. The van der Waals surface area contributed by atoms with Crippen LogP contribution in [0, 0.1) is 0 Å². The van der Waals surface area contributed by atoms with E-state index in [1.807, 2.05) is 0 Å². The first kappa shape index (κ1) is 11.8. The number of hydrogen-bond acceptors (Lipinski definition) is 3. The number of ether oxygens (including phenoxy) is 1. The first-order chi connectivity index (χ1) is 7.10. The lowest BCUT2D eigenvalue weighted by Crippen LogP contribution is -2.08. The van der Waals surface area contributed by atoms with Gasteiger partial charge in [0.25, 0.3) is 6.43 Å². The number of carbonyl (C=O) groups is 1. The monoisotopic (exact) mass is 235 g/mol. The molecule has 0 saturated heterocycles. The molecule has 3 nitrogen and oxygen atoms in total. The zero-order chi connectivity index (χ0) is 11.4. The zero-order valence-corrected chi connectivity index (χ0v) is 8.59. The van der Waals surface area contributed by atoms with E-state index in [0.29, 0.717) is 5.56 Å². The average molecular weight is 236 g/mol. The van der Waals surface area contributed by atoms with Gasteiger partial charge in [-0.2, -0.15) is 0 Å². The summed E-state index contributed by atoms with van der Waals surface area (Å²) < 4.78 is 29.3. The normalized spacial score (nSPS) is 10.5. The molecule has 0 fully saturated rings. The Morgan fingerprint density at radius 2 is 2.33 bits per heavy atom. The van der Waals surface area contributed by atoms with E-state index in [2.05, 4.69) is 9.72 Å². The maximum atomic E-state index is 12.5. The molecule has 0 atom stereocenters. The van der Waals surface area contributed by atoms with Crippen LogP contribution in [0.1, 0.15) is 28.0 Å². The van der Waals surface area contributed by atoms with Gasteiger partial charge in [-0.05, 0) is 11.6 Å². The van der Waals surface area contributed by atoms with Crippen molar-refractivity contribution < 1.29 is 18.3 Å². The van der Waals surface area contributed by atoms with Gasteiger partial charge in [-0.25, -0.2) is 13.6 Å². The average Bonchev–Trinajstić information content (AvgIpc) is 2.26. The van der Waals surface area contributed by atoms with Crippen LogP contribution in [0.5, 0.6) is 0 Å². The minimum atomic E-state index is -2.82. The van der Waals surface area contributed by atoms with Crippen LogP contribution in [0.3, 0.4) is 0 Å². The topological polar surface area (TPSA) is 39.2 Å². The summed E-state index contributed by atoms with van der Waals surface area (Å²) in [6.45, 7) is 0. The SMILES string of the molecule is COC(=O)c1cc(CCl)cnc1C(F)F. The molecular formula is C9H8ClF2NO2. The number of esters is 1. The quantitative estimate of drug-likeness (QED) is 0.597. The molecule has 1 heterocycles. The van der Waals surface area contributed by atoms with Crippen LogP contribution in [0.15, 0.2) is 12.3 Å². The predicted molar refractivity (Wildman–Crippen MR) is 50.1 cm³/mol. The summed E-state index contributed by atoms with van der Waals surface area (Å²) in [7, 11) is 1.12. The molecular weight excluding hydrogens is 228 g/mol. The Kier molecular flexibility index (Phi) is 3.96. The molecule has 0 aliphatic carbocycles. The van der Waals surface area contributed by atoms with Crippen LogP contribution in [0.4, 0.5) is 8.78 Å². The van der Waals surface area contributed by atoms with Gasteiger partial charge in [0.1, 0.15) is 5.69 Å². The van der Waals surface area contributed by atoms with E-state index in [4.69, 9.17) is 11.6 Å². The molecule has 0 bridgehead atoms. The summed E-state index contributed by atoms with van der Waals surface area (Å²) in [5, 5.41) is 0. The smallest absolute Gasteiger partial charge is 0.339 e. The van der Waals surface area contributed by atoms with Gasteiger partial charge in [0.05, 0.1) is 12.7 Å². The second-order valence-corrected chi connectivity index (χ2v) is 2.97. The van der Waals surface area contributed by atoms with Crippen LogP contribution < -0.4 is 0 Å². The number of pyridine rings is 1. The van der Waals surface area contributed by atoms with E-state index >= 15 is 0 Å². The van der Waals surface area contributed by atoms with Crippen molar-refractivity contribution in [3.8, 4) is 0 Å². The Bertz CT molecular complexity index is 371. The summed E-state index contributed by atoms with van der Waals surface area (Å²) >= 11 is 5.50. The Balaban J connectivity index is 3.22. The van der Waals surface area contributed by atoms with Crippen molar-refractivity contribution in [1.82, 2.24) is 4.98 Å². The Labute approximate surface area is 90.0 Å². The number of hydrogen-bond donors (Lipinski definition) is 0. The molecule has 0 saturated carbocycles. The van der Waals surface area contributed by atoms with Gasteiger partial charge in [0.2, 0.25) is 0 Å². The second-order valence-electron chi connectivity index (χ2n) is 2.70. The maximum absolute atomic E-state index is 12.5. The number of halogens is 3. The molecule has 0 aliphatic heterocycles. The third-order valence-corrected chi connectivity index (χ3v) is 2.05. The van der Waals surface area contributed by atoms with E-state index in [-0.39, 0.29) is 11.4 Å². The van der Waals surface area contributed by atoms with Gasteiger partial charge in [0, 0.05) is 12.1 Å². The Hall–Kier alpha value is -1.23. The highest BCUT2D eigenvalue weighted by Crippen LogP contribution is 2.22. The minimum absolute atomic E-state index is 0.0977. The summed E-state index contributed by atoms with van der Waals surface area (Å²) in [4.78, 5) is 14.7. The lowest BCUT2D eigenvalue weighted by atomic mass is 10.1. The van der Waals surface area contributed by atoms with Crippen LogP contribution in [-0.4, -0.2) is 18.1 Å². The molecule has 0 aromatic carbocycles. The van der Waals surface area contributed by atoms with Crippen molar-refractivity contribution in [3.05, 3.63) is 29.1 Å². The number of nitrogens with zero attached hydrogens (tertiary/aromatic N) is 1. The Morgan fingerprint density at radius 1 is 1.67 bits per heavy atom. The molecule has 0 aliphatic rings. The second kappa shape index (κ2) is 5.02. The highest BCUT2D eigenvalue weighted by atomic mass is 35.5. The van der Waals surface area contributed by atoms with Crippen LogP contribution in [-0.2, 0) is 10.6 Å². The summed E-state index contributed by atoms with van der Waals surface area (Å²) in [5.74, 6) is -0.745. The first-order valence-electron chi connectivity index (χ1n) is 4.01. The van der Waals surface area contributed by atoms with Crippen molar-refractivity contribution in [2.45, 2.75) is 12.3 Å². The van der Waals surface area contributed by atoms with Crippen molar-refractivity contribution in [2.24, 2.45) is 0 Å². The summed E-state index contributed by atoms with van der Waals surface area (Å²) in [6.07, 6.45) is -1.61. The van der Waals surface area contributed by atoms with E-state index in [1.54, 1.807) is 0 Å². The number of alkyl halides is 3. The van der Waals surface area contributed by atoms with Gasteiger partial charge in [-0.15, -0.1) is 11.6 Å². The fourth-order valence-electron chi connectivity index (χ4n) is 1.04. The third-order valence-electron chi connectivity index (χ3n) is 1.74. The molecule has 1 aromatic heterocycles. The number of methoxy groups -OCH3 is 1. The zero-order valence-electron chi connectivity index (χ0n) is 7.84. The van der Waals surface area contributed by atoms with Gasteiger partial charge >= 0.3 is 5.97 Å². The lowest BCUT2D eigenvalue weighted by molar-refractivity contribution is 0.0587. The molecule has 0 radical (unpaired) electrons. The van der Waals surface area contributed by atoms with Gasteiger partial charge in [-0.1, -0.05) is 0 Å². The van der Waals surface area contributed by atoms with E-state index < -0.39 is 18.1 Å². The molecule has 0 N–H and O–H groups in total. The van der Waals surface area contributed by atoms with Crippen molar-refractivity contribution in [1.29, 1.82) is 0 Å². The van der Waals surface area contributed by atoms with E-state index in [1.165, 1.54) is 12.3 Å². The van der Waals surface area contributed by atoms with E-state index in [9.17, 15) is 13.6 Å². The summed E-state index contributed by atoms with van der Waals surface area (Å²) in [6, 6.07) is 1.26. The lowest BCUT2D eigenvalue weighted by Gasteiger charge is -2.07. The van der Waals surface area contributed by atoms with Crippen LogP contribution in [0.2, 0.25) is 0 Å². The number of aromatic nitrogens is 1. The third kappa shape index (κ3) is 2.62. The van der Waals surface area contributed by atoms with Gasteiger partial charge < -0.3 is 4.74 Å². The fourth-order valence-corrected chi connectivity index (χ4v) is 1.19. The Morgan fingerprint density at radius 3 is 2.80 bits per heavy atom. The van der Waals surface area contributed by atoms with Gasteiger partial charge in [0.15, 0.2) is 0 Å². The molecule has 82 valence electrons. The fraction of sp³-hybridized carbons (Fsp3) is 0.333. The highest BCUT2D eigenvalue weighted by molar-refractivity contribution is 6.17. The molecule has 15 heavy (non-hydrogen) atoms. The predicted octanol–water partition coefficient (Wildman–Crippen LogP) is 2.54. The van der Waals surface area contributed by atoms with E-state index in [0.717, 1.165) is 7.11 Å². The van der Waals surface area contributed by atoms with Crippen molar-refractivity contribution >= 4 is 17.6 Å².